The highest BCUT2D eigenvalue weighted by Crippen LogP contribution is 2.08. The summed E-state index contributed by atoms with van der Waals surface area (Å²) in [6.07, 6.45) is 0.121. The normalized spacial score (nSPS) is 10.4. The molecular weight excluding hydrogens is 319 g/mol. The fourth-order valence-electron chi connectivity index (χ4n) is 2.60. The van der Waals surface area contributed by atoms with Gasteiger partial charge < -0.3 is 10.2 Å². The maximum Gasteiger partial charge on any atom is 0.224 e. The number of carbonyl (C=O) groups excluding carboxylic acids is 2. The van der Waals surface area contributed by atoms with Gasteiger partial charge in [-0.25, -0.2) is 4.39 Å². The molecule has 0 aliphatic carbocycles. The van der Waals surface area contributed by atoms with Crippen LogP contribution in [0.1, 0.15) is 23.6 Å². The van der Waals surface area contributed by atoms with Gasteiger partial charge in [-0.2, -0.15) is 0 Å². The van der Waals surface area contributed by atoms with E-state index in [9.17, 15) is 14.0 Å². The maximum absolute atomic E-state index is 13.1. The molecule has 1 N–H and O–H groups in total. The van der Waals surface area contributed by atoms with Crippen molar-refractivity contribution >= 4 is 11.8 Å². The lowest BCUT2D eigenvalue weighted by atomic mass is 10.1. The summed E-state index contributed by atoms with van der Waals surface area (Å²) in [5, 5.41) is 2.78. The van der Waals surface area contributed by atoms with Crippen molar-refractivity contribution in [1.82, 2.24) is 10.2 Å². The average Bonchev–Trinajstić information content (AvgIpc) is 2.54. The lowest BCUT2D eigenvalue weighted by Crippen LogP contribution is -2.37. The fourth-order valence-corrected chi connectivity index (χ4v) is 2.60. The van der Waals surface area contributed by atoms with Crippen LogP contribution >= 0.6 is 0 Å². The van der Waals surface area contributed by atoms with Gasteiger partial charge in [-0.3, -0.25) is 9.59 Å². The van der Waals surface area contributed by atoms with Crippen LogP contribution in [-0.2, 0) is 22.6 Å². The number of hydrogen-bond donors (Lipinski definition) is 1. The Balaban J connectivity index is 1.82. The third-order valence-corrected chi connectivity index (χ3v) is 3.86. The van der Waals surface area contributed by atoms with Gasteiger partial charge >= 0.3 is 0 Å². The van der Waals surface area contributed by atoms with Crippen LogP contribution in [0.2, 0.25) is 0 Å². The van der Waals surface area contributed by atoms with E-state index in [0.29, 0.717) is 25.2 Å². The van der Waals surface area contributed by atoms with Crippen LogP contribution in [0.4, 0.5) is 4.39 Å². The Kier molecular flexibility index (Phi) is 6.69. The molecule has 0 spiro atoms. The number of benzene rings is 2. The number of nitrogens with one attached hydrogen (secondary N) is 1. The second-order valence-corrected chi connectivity index (χ2v) is 6.09. The van der Waals surface area contributed by atoms with E-state index >= 15 is 0 Å². The number of hydrogen-bond acceptors (Lipinski definition) is 2. The Hall–Kier alpha value is -2.69. The van der Waals surface area contributed by atoms with Crippen LogP contribution in [0.25, 0.3) is 0 Å². The molecule has 0 aromatic heterocycles. The number of amides is 2. The Morgan fingerprint density at radius 2 is 1.80 bits per heavy atom. The molecule has 4 nitrogen and oxygen atoms in total. The number of aryl methyl sites for hydroxylation is 1. The molecule has 0 unspecified atom stereocenters. The molecule has 0 bridgehead atoms. The smallest absolute Gasteiger partial charge is 0.224 e. The van der Waals surface area contributed by atoms with Crippen molar-refractivity contribution < 1.29 is 14.0 Å². The predicted octanol–water partition coefficient (Wildman–Crippen LogP) is 2.84. The van der Waals surface area contributed by atoms with Crippen molar-refractivity contribution in [2.45, 2.75) is 26.8 Å². The lowest BCUT2D eigenvalue weighted by molar-refractivity contribution is -0.130. The first-order valence-corrected chi connectivity index (χ1v) is 8.26. The molecule has 0 radical (unpaired) electrons. The van der Waals surface area contributed by atoms with E-state index in [2.05, 4.69) is 5.32 Å². The number of rotatable bonds is 7. The molecule has 0 fully saturated rings. The van der Waals surface area contributed by atoms with Gasteiger partial charge in [0, 0.05) is 26.6 Å². The third-order valence-electron chi connectivity index (χ3n) is 3.86. The number of halogens is 1. The van der Waals surface area contributed by atoms with Crippen molar-refractivity contribution in [1.29, 1.82) is 0 Å². The van der Waals surface area contributed by atoms with E-state index in [-0.39, 0.29) is 24.1 Å². The first-order chi connectivity index (χ1) is 11.9. The zero-order chi connectivity index (χ0) is 18.2. The highest BCUT2D eigenvalue weighted by Gasteiger charge is 2.10. The van der Waals surface area contributed by atoms with Crippen LogP contribution in [0.3, 0.4) is 0 Å². The highest BCUT2D eigenvalue weighted by molar-refractivity contribution is 5.78. The Morgan fingerprint density at radius 1 is 1.08 bits per heavy atom. The minimum Gasteiger partial charge on any atom is -0.354 e. The molecule has 2 aromatic rings. The first kappa shape index (κ1) is 18.6. The monoisotopic (exact) mass is 342 g/mol. The molecule has 2 aromatic carbocycles. The van der Waals surface area contributed by atoms with E-state index in [1.807, 2.05) is 31.2 Å². The van der Waals surface area contributed by atoms with Gasteiger partial charge in [0.25, 0.3) is 0 Å². The van der Waals surface area contributed by atoms with Crippen LogP contribution in [0, 0.1) is 12.7 Å². The SMILES string of the molecule is CC(=O)N(CCNC(=O)Cc1cccc(F)c1)Cc1cccc(C)c1. The van der Waals surface area contributed by atoms with E-state index in [0.717, 1.165) is 11.1 Å². The van der Waals surface area contributed by atoms with Gasteiger partial charge in [0.1, 0.15) is 5.82 Å². The van der Waals surface area contributed by atoms with Gasteiger partial charge in [0.05, 0.1) is 6.42 Å². The molecule has 0 aliphatic heterocycles. The van der Waals surface area contributed by atoms with Gasteiger partial charge in [-0.05, 0) is 30.2 Å². The summed E-state index contributed by atoms with van der Waals surface area (Å²) in [4.78, 5) is 25.4. The number of carbonyl (C=O) groups is 2. The van der Waals surface area contributed by atoms with Crippen LogP contribution < -0.4 is 5.32 Å². The standard InChI is InChI=1S/C20H23FN2O2/c1-15-5-3-7-18(11-15)14-23(16(2)24)10-9-22-20(25)13-17-6-4-8-19(21)12-17/h3-8,11-12H,9-10,13-14H2,1-2H3,(H,22,25). The lowest BCUT2D eigenvalue weighted by Gasteiger charge is -2.21. The van der Waals surface area contributed by atoms with E-state index in [4.69, 9.17) is 0 Å². The summed E-state index contributed by atoms with van der Waals surface area (Å²) in [5.74, 6) is -0.586. The predicted molar refractivity (Wildman–Crippen MR) is 95.4 cm³/mol. The zero-order valence-electron chi connectivity index (χ0n) is 14.6. The molecular formula is C20H23FN2O2. The first-order valence-electron chi connectivity index (χ1n) is 8.26. The van der Waals surface area contributed by atoms with Crippen molar-refractivity contribution in [3.63, 3.8) is 0 Å². The average molecular weight is 342 g/mol. The molecule has 2 rings (SSSR count). The van der Waals surface area contributed by atoms with Gasteiger partial charge in [-0.1, -0.05) is 42.0 Å². The second-order valence-electron chi connectivity index (χ2n) is 6.09. The van der Waals surface area contributed by atoms with Gasteiger partial charge in [-0.15, -0.1) is 0 Å². The molecule has 25 heavy (non-hydrogen) atoms. The van der Waals surface area contributed by atoms with Crippen molar-refractivity contribution in [2.75, 3.05) is 13.1 Å². The van der Waals surface area contributed by atoms with Gasteiger partial charge in [0.2, 0.25) is 11.8 Å². The minimum atomic E-state index is -0.355. The summed E-state index contributed by atoms with van der Waals surface area (Å²) in [6.45, 7) is 4.83. The Morgan fingerprint density at radius 3 is 2.48 bits per heavy atom. The highest BCUT2D eigenvalue weighted by atomic mass is 19.1. The topological polar surface area (TPSA) is 49.4 Å². The molecule has 0 saturated heterocycles. The van der Waals surface area contributed by atoms with Crippen LogP contribution in [0.5, 0.6) is 0 Å². The van der Waals surface area contributed by atoms with Gasteiger partial charge in [0.15, 0.2) is 0 Å². The largest absolute Gasteiger partial charge is 0.354 e. The third kappa shape index (κ3) is 6.37. The molecule has 0 heterocycles. The molecule has 132 valence electrons. The summed E-state index contributed by atoms with van der Waals surface area (Å²) in [6, 6.07) is 14.0. The summed E-state index contributed by atoms with van der Waals surface area (Å²) < 4.78 is 13.1. The Labute approximate surface area is 147 Å². The Bertz CT molecular complexity index is 746. The van der Waals surface area contributed by atoms with Crippen molar-refractivity contribution in [2.24, 2.45) is 0 Å². The summed E-state index contributed by atoms with van der Waals surface area (Å²) in [5.41, 5.74) is 2.83. The van der Waals surface area contributed by atoms with Crippen LogP contribution in [0.15, 0.2) is 48.5 Å². The molecule has 0 aliphatic rings. The second kappa shape index (κ2) is 8.97. The number of nitrogens with zero attached hydrogens (tertiary/aromatic N) is 1. The zero-order valence-corrected chi connectivity index (χ0v) is 14.6. The summed E-state index contributed by atoms with van der Waals surface area (Å²) in [7, 11) is 0. The maximum atomic E-state index is 13.1. The van der Waals surface area contributed by atoms with E-state index in [1.165, 1.54) is 19.1 Å². The van der Waals surface area contributed by atoms with Crippen molar-refractivity contribution in [3.8, 4) is 0 Å². The quantitative estimate of drug-likeness (QED) is 0.841. The molecule has 5 heteroatoms. The summed E-state index contributed by atoms with van der Waals surface area (Å²) >= 11 is 0. The van der Waals surface area contributed by atoms with Crippen molar-refractivity contribution in [3.05, 3.63) is 71.0 Å². The molecule has 0 saturated carbocycles. The van der Waals surface area contributed by atoms with E-state index in [1.54, 1.807) is 17.0 Å². The minimum absolute atomic E-state index is 0.0408. The molecule has 2 amide bonds. The van der Waals surface area contributed by atoms with Crippen LogP contribution in [-0.4, -0.2) is 29.8 Å². The van der Waals surface area contributed by atoms with E-state index < -0.39 is 0 Å². The molecule has 0 atom stereocenters. The fraction of sp³-hybridized carbons (Fsp3) is 0.300.